The van der Waals surface area contributed by atoms with Crippen molar-refractivity contribution >= 4 is 5.97 Å². The highest BCUT2D eigenvalue weighted by Crippen LogP contribution is 2.18. The van der Waals surface area contributed by atoms with Gasteiger partial charge in [0.2, 0.25) is 0 Å². The molecular formula is C14H23N3O2. The number of rotatable bonds is 6. The summed E-state index contributed by atoms with van der Waals surface area (Å²) in [5, 5.41) is 0. The maximum atomic E-state index is 11.7. The molecular weight excluding hydrogens is 242 g/mol. The molecule has 1 aliphatic rings. The molecule has 0 saturated carbocycles. The minimum atomic E-state index is -0.0261. The maximum absolute atomic E-state index is 11.7. The van der Waals surface area contributed by atoms with E-state index in [9.17, 15) is 4.79 Å². The van der Waals surface area contributed by atoms with Gasteiger partial charge in [-0.2, -0.15) is 0 Å². The topological polar surface area (TPSA) is 47.4 Å². The van der Waals surface area contributed by atoms with Gasteiger partial charge in [-0.25, -0.2) is 4.98 Å². The second-order valence-electron chi connectivity index (χ2n) is 5.05. The highest BCUT2D eigenvalue weighted by molar-refractivity contribution is 5.72. The Morgan fingerprint density at radius 3 is 3.11 bits per heavy atom. The van der Waals surface area contributed by atoms with Gasteiger partial charge in [-0.1, -0.05) is 0 Å². The number of imidazole rings is 1. The lowest BCUT2D eigenvalue weighted by atomic mass is 9.98. The van der Waals surface area contributed by atoms with Gasteiger partial charge in [0.1, 0.15) is 0 Å². The normalized spacial score (nSPS) is 20.4. The molecule has 1 atom stereocenters. The van der Waals surface area contributed by atoms with Crippen LogP contribution in [0, 0.1) is 5.92 Å². The van der Waals surface area contributed by atoms with Crippen molar-refractivity contribution in [2.24, 2.45) is 5.92 Å². The van der Waals surface area contributed by atoms with Crippen LogP contribution in [0.3, 0.4) is 0 Å². The largest absolute Gasteiger partial charge is 0.466 e. The first kappa shape index (κ1) is 14.1. The van der Waals surface area contributed by atoms with E-state index in [-0.39, 0.29) is 11.9 Å². The monoisotopic (exact) mass is 265 g/mol. The average molecular weight is 265 g/mol. The highest BCUT2D eigenvalue weighted by atomic mass is 16.5. The molecule has 0 spiro atoms. The van der Waals surface area contributed by atoms with Crippen LogP contribution in [0.15, 0.2) is 18.7 Å². The predicted molar refractivity (Wildman–Crippen MR) is 72.6 cm³/mol. The highest BCUT2D eigenvalue weighted by Gasteiger charge is 2.26. The van der Waals surface area contributed by atoms with Gasteiger partial charge in [-0.05, 0) is 39.3 Å². The van der Waals surface area contributed by atoms with Crippen LogP contribution in [-0.4, -0.2) is 46.7 Å². The Kier molecular flexibility index (Phi) is 5.39. The molecule has 0 aliphatic carbocycles. The summed E-state index contributed by atoms with van der Waals surface area (Å²) in [7, 11) is 0. The third kappa shape index (κ3) is 4.35. The van der Waals surface area contributed by atoms with Crippen molar-refractivity contribution < 1.29 is 9.53 Å². The molecule has 1 saturated heterocycles. The molecule has 19 heavy (non-hydrogen) atoms. The van der Waals surface area contributed by atoms with Crippen molar-refractivity contribution in [3.8, 4) is 0 Å². The Labute approximate surface area is 114 Å². The third-order valence-corrected chi connectivity index (χ3v) is 3.58. The Bertz CT molecular complexity index is 378. The molecule has 2 heterocycles. The fraction of sp³-hybridized carbons (Fsp3) is 0.714. The zero-order chi connectivity index (χ0) is 13.5. The summed E-state index contributed by atoms with van der Waals surface area (Å²) in [5.41, 5.74) is 0. The number of nitrogens with zero attached hydrogens (tertiary/aromatic N) is 3. The van der Waals surface area contributed by atoms with Crippen LogP contribution in [0.2, 0.25) is 0 Å². The molecule has 1 fully saturated rings. The lowest BCUT2D eigenvalue weighted by molar-refractivity contribution is -0.149. The van der Waals surface area contributed by atoms with Crippen LogP contribution in [0.25, 0.3) is 0 Å². The summed E-state index contributed by atoms with van der Waals surface area (Å²) >= 11 is 0. The second kappa shape index (κ2) is 7.28. The van der Waals surface area contributed by atoms with Gasteiger partial charge in [0.15, 0.2) is 0 Å². The Hall–Kier alpha value is -1.36. The minimum Gasteiger partial charge on any atom is -0.466 e. The van der Waals surface area contributed by atoms with Gasteiger partial charge < -0.3 is 14.2 Å². The van der Waals surface area contributed by atoms with E-state index in [1.165, 1.54) is 0 Å². The first-order valence-corrected chi connectivity index (χ1v) is 7.14. The molecule has 5 nitrogen and oxygen atoms in total. The van der Waals surface area contributed by atoms with Crippen molar-refractivity contribution in [2.45, 2.75) is 32.7 Å². The second-order valence-corrected chi connectivity index (χ2v) is 5.05. The molecule has 5 heteroatoms. The zero-order valence-corrected chi connectivity index (χ0v) is 11.6. The summed E-state index contributed by atoms with van der Waals surface area (Å²) in [5.74, 6) is 0.0451. The standard InChI is InChI=1S/C14H23N3O2/c1-2-19-14(18)13-5-3-7-16(11-13)8-4-9-17-10-6-15-12-17/h6,10,12-13H,2-5,7-9,11H2,1H3. The van der Waals surface area contributed by atoms with Gasteiger partial charge in [0, 0.05) is 25.5 Å². The minimum absolute atomic E-state index is 0.0261. The van der Waals surface area contributed by atoms with Crippen molar-refractivity contribution in [3.63, 3.8) is 0 Å². The summed E-state index contributed by atoms with van der Waals surface area (Å²) in [4.78, 5) is 18.2. The van der Waals surface area contributed by atoms with Crippen LogP contribution < -0.4 is 0 Å². The molecule has 1 aromatic heterocycles. The SMILES string of the molecule is CCOC(=O)C1CCCN(CCCn2ccnc2)C1. The van der Waals surface area contributed by atoms with Crippen molar-refractivity contribution in [3.05, 3.63) is 18.7 Å². The Morgan fingerprint density at radius 1 is 1.47 bits per heavy atom. The van der Waals surface area contributed by atoms with E-state index in [2.05, 4.69) is 14.5 Å². The lowest BCUT2D eigenvalue weighted by Crippen LogP contribution is -2.40. The number of likely N-dealkylation sites (tertiary alicyclic amines) is 1. The number of carbonyl (C=O) groups is 1. The van der Waals surface area contributed by atoms with Gasteiger partial charge in [0.05, 0.1) is 18.9 Å². The van der Waals surface area contributed by atoms with E-state index >= 15 is 0 Å². The summed E-state index contributed by atoms with van der Waals surface area (Å²) in [6, 6.07) is 0. The van der Waals surface area contributed by atoms with Crippen LogP contribution in [-0.2, 0) is 16.1 Å². The molecule has 0 radical (unpaired) electrons. The van der Waals surface area contributed by atoms with Crippen LogP contribution in [0.4, 0.5) is 0 Å². The number of aromatic nitrogens is 2. The summed E-state index contributed by atoms with van der Waals surface area (Å²) < 4.78 is 7.21. The molecule has 1 aliphatic heterocycles. The van der Waals surface area contributed by atoms with E-state index in [0.717, 1.165) is 45.4 Å². The fourth-order valence-electron chi connectivity index (χ4n) is 2.61. The lowest BCUT2D eigenvalue weighted by Gasteiger charge is -2.31. The van der Waals surface area contributed by atoms with E-state index in [1.807, 2.05) is 19.4 Å². The molecule has 2 rings (SSSR count). The molecule has 106 valence electrons. The first-order valence-electron chi connectivity index (χ1n) is 7.14. The van der Waals surface area contributed by atoms with Gasteiger partial charge in [-0.3, -0.25) is 4.79 Å². The number of piperidine rings is 1. The quantitative estimate of drug-likeness (QED) is 0.732. The maximum Gasteiger partial charge on any atom is 0.310 e. The Balaban J connectivity index is 1.70. The number of esters is 1. The smallest absolute Gasteiger partial charge is 0.310 e. The number of aryl methyl sites for hydroxylation is 1. The molecule has 0 aromatic carbocycles. The van der Waals surface area contributed by atoms with E-state index in [1.54, 1.807) is 6.20 Å². The predicted octanol–water partition coefficient (Wildman–Crippen LogP) is 1.55. The van der Waals surface area contributed by atoms with Gasteiger partial charge >= 0.3 is 5.97 Å². The molecule has 0 amide bonds. The zero-order valence-electron chi connectivity index (χ0n) is 11.6. The molecule has 0 N–H and O–H groups in total. The fourth-order valence-corrected chi connectivity index (χ4v) is 2.61. The van der Waals surface area contributed by atoms with Crippen molar-refractivity contribution in [2.75, 3.05) is 26.2 Å². The summed E-state index contributed by atoms with van der Waals surface area (Å²) in [6.07, 6.45) is 8.78. The molecule has 1 aromatic rings. The first-order chi connectivity index (χ1) is 9.29. The van der Waals surface area contributed by atoms with Crippen LogP contribution in [0.1, 0.15) is 26.2 Å². The number of ether oxygens (including phenoxy) is 1. The van der Waals surface area contributed by atoms with Crippen LogP contribution >= 0.6 is 0 Å². The van der Waals surface area contributed by atoms with E-state index in [4.69, 9.17) is 4.74 Å². The van der Waals surface area contributed by atoms with Crippen molar-refractivity contribution in [1.82, 2.24) is 14.5 Å². The Morgan fingerprint density at radius 2 is 2.37 bits per heavy atom. The molecule has 0 bridgehead atoms. The van der Waals surface area contributed by atoms with Gasteiger partial charge in [0.25, 0.3) is 0 Å². The molecule has 1 unspecified atom stereocenters. The number of hydrogen-bond donors (Lipinski definition) is 0. The summed E-state index contributed by atoms with van der Waals surface area (Å²) in [6.45, 7) is 6.32. The van der Waals surface area contributed by atoms with Crippen molar-refractivity contribution in [1.29, 1.82) is 0 Å². The number of carbonyl (C=O) groups excluding carboxylic acids is 1. The van der Waals surface area contributed by atoms with E-state index in [0.29, 0.717) is 6.61 Å². The van der Waals surface area contributed by atoms with E-state index < -0.39 is 0 Å². The van der Waals surface area contributed by atoms with Gasteiger partial charge in [-0.15, -0.1) is 0 Å². The average Bonchev–Trinajstić information content (AvgIpc) is 2.93. The number of hydrogen-bond acceptors (Lipinski definition) is 4. The van der Waals surface area contributed by atoms with Crippen LogP contribution in [0.5, 0.6) is 0 Å². The third-order valence-electron chi connectivity index (χ3n) is 3.58.